The van der Waals surface area contributed by atoms with E-state index in [0.29, 0.717) is 12.1 Å². The van der Waals surface area contributed by atoms with Gasteiger partial charge in [-0.1, -0.05) is 6.92 Å². The lowest BCUT2D eigenvalue weighted by Gasteiger charge is -2.23. The van der Waals surface area contributed by atoms with E-state index in [1.807, 2.05) is 9.36 Å². The molecule has 0 spiro atoms. The van der Waals surface area contributed by atoms with Gasteiger partial charge in [0.15, 0.2) is 11.6 Å². The summed E-state index contributed by atoms with van der Waals surface area (Å²) in [4.78, 5) is 4.55. The van der Waals surface area contributed by atoms with Crippen LogP contribution in [0.5, 0.6) is 0 Å². The second-order valence-electron chi connectivity index (χ2n) is 5.87. The molecule has 1 unspecified atom stereocenters. The van der Waals surface area contributed by atoms with Gasteiger partial charge >= 0.3 is 0 Å². The SMILES string of the molecule is CCc1nc2n(n1)CC(NCc1nnnn1C1CC1)CC2. The smallest absolute Gasteiger partial charge is 0.165 e. The maximum atomic E-state index is 4.55. The Bertz CT molecular complexity index is 626. The molecule has 2 aliphatic rings. The van der Waals surface area contributed by atoms with E-state index >= 15 is 0 Å². The highest BCUT2D eigenvalue weighted by molar-refractivity contribution is 4.98. The Morgan fingerprint density at radius 2 is 2.19 bits per heavy atom. The largest absolute Gasteiger partial charge is 0.305 e. The normalized spacial score (nSPS) is 21.5. The summed E-state index contributed by atoms with van der Waals surface area (Å²) in [6.07, 6.45) is 5.37. The molecule has 0 aromatic carbocycles. The monoisotopic (exact) mass is 288 g/mol. The number of fused-ring (bicyclic) bond motifs is 1. The fourth-order valence-electron chi connectivity index (χ4n) is 2.84. The van der Waals surface area contributed by atoms with Gasteiger partial charge in [0.1, 0.15) is 5.82 Å². The van der Waals surface area contributed by atoms with E-state index < -0.39 is 0 Å². The lowest BCUT2D eigenvalue weighted by Crippen LogP contribution is -2.38. The zero-order chi connectivity index (χ0) is 14.2. The van der Waals surface area contributed by atoms with Crippen LogP contribution in [0.25, 0.3) is 0 Å². The average molecular weight is 288 g/mol. The van der Waals surface area contributed by atoms with Crippen LogP contribution < -0.4 is 5.32 Å². The molecule has 8 heteroatoms. The number of nitrogens with zero attached hydrogens (tertiary/aromatic N) is 7. The molecular formula is C13H20N8. The van der Waals surface area contributed by atoms with Crippen molar-refractivity contribution >= 4 is 0 Å². The zero-order valence-corrected chi connectivity index (χ0v) is 12.2. The van der Waals surface area contributed by atoms with E-state index in [4.69, 9.17) is 0 Å². The maximum absolute atomic E-state index is 4.55. The summed E-state index contributed by atoms with van der Waals surface area (Å²) in [7, 11) is 0. The van der Waals surface area contributed by atoms with Crippen molar-refractivity contribution < 1.29 is 0 Å². The Balaban J connectivity index is 1.38. The van der Waals surface area contributed by atoms with Gasteiger partial charge in [0.05, 0.1) is 19.1 Å². The highest BCUT2D eigenvalue weighted by Gasteiger charge is 2.28. The van der Waals surface area contributed by atoms with Crippen molar-refractivity contribution in [3.8, 4) is 0 Å². The van der Waals surface area contributed by atoms with Gasteiger partial charge in [-0.2, -0.15) is 5.10 Å². The molecule has 21 heavy (non-hydrogen) atoms. The number of aromatic nitrogens is 7. The Labute approximate surface area is 122 Å². The summed E-state index contributed by atoms with van der Waals surface area (Å²) in [5.74, 6) is 3.01. The van der Waals surface area contributed by atoms with Crippen molar-refractivity contribution in [3.05, 3.63) is 17.5 Å². The quantitative estimate of drug-likeness (QED) is 0.849. The van der Waals surface area contributed by atoms with Crippen LogP contribution in [0.15, 0.2) is 0 Å². The molecular weight excluding hydrogens is 268 g/mol. The summed E-state index contributed by atoms with van der Waals surface area (Å²) in [6.45, 7) is 3.70. The number of tetrazole rings is 1. The Kier molecular flexibility index (Phi) is 3.17. The van der Waals surface area contributed by atoms with E-state index in [-0.39, 0.29) is 0 Å². The molecule has 2 aromatic heterocycles. The first-order chi connectivity index (χ1) is 10.3. The highest BCUT2D eigenvalue weighted by atomic mass is 15.6. The van der Waals surface area contributed by atoms with Crippen molar-refractivity contribution in [2.75, 3.05) is 0 Å². The maximum Gasteiger partial charge on any atom is 0.165 e. The first-order valence-corrected chi connectivity index (χ1v) is 7.76. The van der Waals surface area contributed by atoms with Gasteiger partial charge in [-0.3, -0.25) is 0 Å². The van der Waals surface area contributed by atoms with Crippen LogP contribution in [0.4, 0.5) is 0 Å². The van der Waals surface area contributed by atoms with Crippen LogP contribution in [0, 0.1) is 0 Å². The lowest BCUT2D eigenvalue weighted by molar-refractivity contribution is 0.351. The van der Waals surface area contributed by atoms with Gasteiger partial charge in [-0.15, -0.1) is 5.10 Å². The second-order valence-corrected chi connectivity index (χ2v) is 5.87. The third-order valence-electron chi connectivity index (χ3n) is 4.22. The molecule has 1 fully saturated rings. The molecule has 1 aliphatic heterocycles. The molecule has 8 nitrogen and oxygen atoms in total. The molecule has 2 aromatic rings. The first-order valence-electron chi connectivity index (χ1n) is 7.76. The van der Waals surface area contributed by atoms with E-state index in [2.05, 4.69) is 37.8 Å². The van der Waals surface area contributed by atoms with Gasteiger partial charge in [0.25, 0.3) is 0 Å². The number of nitrogens with one attached hydrogen (secondary N) is 1. The van der Waals surface area contributed by atoms with Gasteiger partial charge in [-0.25, -0.2) is 14.3 Å². The number of aryl methyl sites for hydroxylation is 2. The summed E-state index contributed by atoms with van der Waals surface area (Å²) >= 11 is 0. The predicted molar refractivity (Wildman–Crippen MR) is 74.4 cm³/mol. The third kappa shape index (κ3) is 2.55. The van der Waals surface area contributed by atoms with E-state index in [1.165, 1.54) is 12.8 Å². The minimum atomic E-state index is 0.410. The molecule has 1 aliphatic carbocycles. The Morgan fingerprint density at radius 3 is 3.00 bits per heavy atom. The van der Waals surface area contributed by atoms with Crippen molar-refractivity contribution in [2.24, 2.45) is 0 Å². The van der Waals surface area contributed by atoms with Crippen LogP contribution in [-0.2, 0) is 25.9 Å². The molecule has 4 rings (SSSR count). The summed E-state index contributed by atoms with van der Waals surface area (Å²) in [5, 5.41) is 20.1. The molecule has 0 radical (unpaired) electrons. The fraction of sp³-hybridized carbons (Fsp3) is 0.769. The summed E-state index contributed by atoms with van der Waals surface area (Å²) < 4.78 is 4.01. The zero-order valence-electron chi connectivity index (χ0n) is 12.2. The lowest BCUT2D eigenvalue weighted by atomic mass is 10.1. The molecule has 1 atom stereocenters. The minimum absolute atomic E-state index is 0.410. The molecule has 0 saturated heterocycles. The summed E-state index contributed by atoms with van der Waals surface area (Å²) in [5.41, 5.74) is 0. The molecule has 0 bridgehead atoms. The van der Waals surface area contributed by atoms with Crippen LogP contribution in [0.1, 0.15) is 49.7 Å². The van der Waals surface area contributed by atoms with Crippen LogP contribution in [0.3, 0.4) is 0 Å². The number of rotatable bonds is 5. The molecule has 1 saturated carbocycles. The molecule has 112 valence electrons. The number of hydrogen-bond acceptors (Lipinski definition) is 6. The number of hydrogen-bond donors (Lipinski definition) is 1. The standard InChI is InChI=1S/C13H20N8/c1-2-11-15-12-6-3-9(8-20(12)17-11)14-7-13-16-18-19-21(13)10-4-5-10/h9-10,14H,2-8H2,1H3. The molecule has 1 N–H and O–H groups in total. The van der Waals surface area contributed by atoms with Gasteiger partial charge in [0.2, 0.25) is 0 Å². The topological polar surface area (TPSA) is 86.3 Å². The molecule has 0 amide bonds. The molecule has 3 heterocycles. The first kappa shape index (κ1) is 12.9. The van der Waals surface area contributed by atoms with Crippen LogP contribution in [-0.4, -0.2) is 41.0 Å². The van der Waals surface area contributed by atoms with E-state index in [0.717, 1.165) is 49.8 Å². The van der Waals surface area contributed by atoms with Gasteiger partial charge < -0.3 is 5.32 Å². The van der Waals surface area contributed by atoms with Crippen molar-refractivity contribution in [3.63, 3.8) is 0 Å². The van der Waals surface area contributed by atoms with Crippen LogP contribution in [0.2, 0.25) is 0 Å². The minimum Gasteiger partial charge on any atom is -0.305 e. The van der Waals surface area contributed by atoms with Crippen molar-refractivity contribution in [1.82, 2.24) is 40.3 Å². The Hall–Kier alpha value is -1.83. The average Bonchev–Trinajstić information content (AvgIpc) is 3.10. The highest BCUT2D eigenvalue weighted by Crippen LogP contribution is 2.34. The van der Waals surface area contributed by atoms with E-state index in [1.54, 1.807) is 0 Å². The van der Waals surface area contributed by atoms with Crippen LogP contribution >= 0.6 is 0 Å². The summed E-state index contributed by atoms with van der Waals surface area (Å²) in [6, 6.07) is 0.936. The Morgan fingerprint density at radius 1 is 1.29 bits per heavy atom. The van der Waals surface area contributed by atoms with Crippen molar-refractivity contribution in [2.45, 2.75) is 64.2 Å². The van der Waals surface area contributed by atoms with Gasteiger partial charge in [0, 0.05) is 18.9 Å². The van der Waals surface area contributed by atoms with Gasteiger partial charge in [-0.05, 0) is 29.7 Å². The fourth-order valence-corrected chi connectivity index (χ4v) is 2.84. The predicted octanol–water partition coefficient (Wildman–Crippen LogP) is 0.266. The van der Waals surface area contributed by atoms with Crippen molar-refractivity contribution in [1.29, 1.82) is 0 Å². The second kappa shape index (κ2) is 5.18. The third-order valence-corrected chi connectivity index (χ3v) is 4.22. The van der Waals surface area contributed by atoms with E-state index in [9.17, 15) is 0 Å².